The highest BCUT2D eigenvalue weighted by atomic mass is 79.9. The highest BCUT2D eigenvalue weighted by molar-refractivity contribution is 9.08. The second kappa shape index (κ2) is 7.00. The van der Waals surface area contributed by atoms with E-state index >= 15 is 0 Å². The fourth-order valence-electron chi connectivity index (χ4n) is 1.83. The van der Waals surface area contributed by atoms with Gasteiger partial charge < -0.3 is 4.90 Å². The highest BCUT2D eigenvalue weighted by Crippen LogP contribution is 2.16. The first-order chi connectivity index (χ1) is 8.02. The van der Waals surface area contributed by atoms with Crippen molar-refractivity contribution in [1.82, 2.24) is 4.98 Å². The lowest BCUT2D eigenvalue weighted by atomic mass is 10.1. The van der Waals surface area contributed by atoms with Gasteiger partial charge in [-0.25, -0.2) is 4.98 Å². The molecule has 0 N–H and O–H groups in total. The van der Waals surface area contributed by atoms with Crippen molar-refractivity contribution in [1.29, 1.82) is 0 Å². The first-order valence-electron chi connectivity index (χ1n) is 6.28. The molecule has 1 aromatic rings. The van der Waals surface area contributed by atoms with E-state index in [9.17, 15) is 0 Å². The lowest BCUT2D eigenvalue weighted by Gasteiger charge is -2.27. The van der Waals surface area contributed by atoms with Gasteiger partial charge in [0, 0.05) is 24.6 Å². The second-order valence-corrected chi connectivity index (χ2v) is 5.91. The standard InChI is InChI=1S/C14H23BrN2/c1-11(2)9-17(10-12(3)4)14-6-5-13(7-15)8-16-14/h5-6,8,11-12H,7,9-10H2,1-4H3. The first kappa shape index (κ1) is 14.5. The van der Waals surface area contributed by atoms with E-state index in [1.807, 2.05) is 6.20 Å². The molecule has 0 unspecified atom stereocenters. The summed E-state index contributed by atoms with van der Waals surface area (Å²) in [6.07, 6.45) is 1.96. The Morgan fingerprint density at radius 1 is 1.12 bits per heavy atom. The van der Waals surface area contributed by atoms with Crippen LogP contribution in [0, 0.1) is 11.8 Å². The Kier molecular flexibility index (Phi) is 5.96. The topological polar surface area (TPSA) is 16.1 Å². The van der Waals surface area contributed by atoms with Crippen LogP contribution in [-0.2, 0) is 5.33 Å². The maximum atomic E-state index is 4.55. The van der Waals surface area contributed by atoms with Gasteiger partial charge in [-0.3, -0.25) is 0 Å². The third-order valence-electron chi connectivity index (χ3n) is 2.46. The second-order valence-electron chi connectivity index (χ2n) is 5.35. The molecule has 0 aliphatic carbocycles. The molecule has 1 aromatic heterocycles. The minimum Gasteiger partial charge on any atom is -0.356 e. The summed E-state index contributed by atoms with van der Waals surface area (Å²) in [5, 5.41) is 0.870. The third-order valence-corrected chi connectivity index (χ3v) is 3.11. The average Bonchev–Trinajstić information content (AvgIpc) is 2.27. The van der Waals surface area contributed by atoms with Gasteiger partial charge in [-0.1, -0.05) is 49.7 Å². The van der Waals surface area contributed by atoms with Crippen molar-refractivity contribution in [3.05, 3.63) is 23.9 Å². The average molecular weight is 299 g/mol. The van der Waals surface area contributed by atoms with Crippen molar-refractivity contribution in [3.8, 4) is 0 Å². The lowest BCUT2D eigenvalue weighted by Crippen LogP contribution is -2.31. The molecule has 2 nitrogen and oxygen atoms in total. The molecule has 0 radical (unpaired) electrons. The largest absolute Gasteiger partial charge is 0.356 e. The van der Waals surface area contributed by atoms with E-state index in [0.29, 0.717) is 11.8 Å². The molecule has 0 amide bonds. The summed E-state index contributed by atoms with van der Waals surface area (Å²) in [5.41, 5.74) is 1.22. The van der Waals surface area contributed by atoms with Gasteiger partial charge in [-0.15, -0.1) is 0 Å². The molecule has 0 aromatic carbocycles. The number of alkyl halides is 1. The maximum absolute atomic E-state index is 4.55. The number of anilines is 1. The van der Waals surface area contributed by atoms with Gasteiger partial charge in [0.05, 0.1) is 0 Å². The summed E-state index contributed by atoms with van der Waals surface area (Å²) in [6, 6.07) is 4.27. The van der Waals surface area contributed by atoms with E-state index in [-0.39, 0.29) is 0 Å². The van der Waals surface area contributed by atoms with Crippen LogP contribution in [-0.4, -0.2) is 18.1 Å². The molecule has 0 saturated carbocycles. The van der Waals surface area contributed by atoms with Crippen LogP contribution in [0.25, 0.3) is 0 Å². The summed E-state index contributed by atoms with van der Waals surface area (Å²) in [6.45, 7) is 11.1. The third kappa shape index (κ3) is 5.07. The fraction of sp³-hybridized carbons (Fsp3) is 0.643. The normalized spacial score (nSPS) is 11.2. The van der Waals surface area contributed by atoms with Crippen LogP contribution in [0.15, 0.2) is 18.3 Å². The van der Waals surface area contributed by atoms with E-state index in [0.717, 1.165) is 24.2 Å². The summed E-state index contributed by atoms with van der Waals surface area (Å²) < 4.78 is 0. The Bertz CT molecular complexity index is 309. The Hall–Kier alpha value is -0.570. The molecular formula is C14H23BrN2. The van der Waals surface area contributed by atoms with Crippen molar-refractivity contribution in [3.63, 3.8) is 0 Å². The number of pyridine rings is 1. The zero-order valence-electron chi connectivity index (χ0n) is 11.3. The number of halogens is 1. The van der Waals surface area contributed by atoms with Gasteiger partial charge in [0.15, 0.2) is 0 Å². The molecule has 0 atom stereocenters. The van der Waals surface area contributed by atoms with Gasteiger partial charge in [-0.05, 0) is 23.5 Å². The van der Waals surface area contributed by atoms with Crippen molar-refractivity contribution >= 4 is 21.7 Å². The molecule has 96 valence electrons. The molecule has 17 heavy (non-hydrogen) atoms. The molecule has 0 saturated heterocycles. The summed E-state index contributed by atoms with van der Waals surface area (Å²) in [4.78, 5) is 6.93. The molecule has 0 bridgehead atoms. The van der Waals surface area contributed by atoms with Crippen molar-refractivity contribution in [2.75, 3.05) is 18.0 Å². The molecule has 1 heterocycles. The number of nitrogens with zero attached hydrogens (tertiary/aromatic N) is 2. The fourth-order valence-corrected chi connectivity index (χ4v) is 2.16. The molecule has 1 rings (SSSR count). The predicted molar refractivity (Wildman–Crippen MR) is 78.8 cm³/mol. The van der Waals surface area contributed by atoms with Crippen LogP contribution >= 0.6 is 15.9 Å². The van der Waals surface area contributed by atoms with E-state index in [2.05, 4.69) is 65.6 Å². The first-order valence-corrected chi connectivity index (χ1v) is 7.41. The summed E-state index contributed by atoms with van der Waals surface area (Å²) in [5.74, 6) is 2.41. The van der Waals surface area contributed by atoms with Crippen LogP contribution in [0.2, 0.25) is 0 Å². The zero-order chi connectivity index (χ0) is 12.8. The van der Waals surface area contributed by atoms with E-state index < -0.39 is 0 Å². The minimum absolute atomic E-state index is 0.659. The van der Waals surface area contributed by atoms with E-state index in [1.165, 1.54) is 5.56 Å². The van der Waals surface area contributed by atoms with Gasteiger partial charge in [0.1, 0.15) is 5.82 Å². The lowest BCUT2D eigenvalue weighted by molar-refractivity contribution is 0.549. The zero-order valence-corrected chi connectivity index (χ0v) is 12.9. The molecule has 0 aliphatic heterocycles. The van der Waals surface area contributed by atoms with E-state index in [1.54, 1.807) is 0 Å². The Morgan fingerprint density at radius 2 is 1.71 bits per heavy atom. The minimum atomic E-state index is 0.659. The molecule has 0 fully saturated rings. The maximum Gasteiger partial charge on any atom is 0.128 e. The van der Waals surface area contributed by atoms with Gasteiger partial charge >= 0.3 is 0 Å². The van der Waals surface area contributed by atoms with Gasteiger partial charge in [0.25, 0.3) is 0 Å². The summed E-state index contributed by atoms with van der Waals surface area (Å²) in [7, 11) is 0. The smallest absolute Gasteiger partial charge is 0.128 e. The van der Waals surface area contributed by atoms with Crippen LogP contribution < -0.4 is 4.90 Å². The number of aromatic nitrogens is 1. The Balaban J connectivity index is 2.79. The molecule has 3 heteroatoms. The number of hydrogen-bond acceptors (Lipinski definition) is 2. The van der Waals surface area contributed by atoms with E-state index in [4.69, 9.17) is 0 Å². The SMILES string of the molecule is CC(C)CN(CC(C)C)c1ccc(CBr)cn1. The molecule has 0 aliphatic rings. The van der Waals surface area contributed by atoms with Gasteiger partial charge in [0.2, 0.25) is 0 Å². The summed E-state index contributed by atoms with van der Waals surface area (Å²) >= 11 is 3.45. The highest BCUT2D eigenvalue weighted by Gasteiger charge is 2.11. The van der Waals surface area contributed by atoms with Crippen LogP contribution in [0.5, 0.6) is 0 Å². The monoisotopic (exact) mass is 298 g/mol. The van der Waals surface area contributed by atoms with Crippen molar-refractivity contribution in [2.45, 2.75) is 33.0 Å². The van der Waals surface area contributed by atoms with Crippen molar-refractivity contribution in [2.24, 2.45) is 11.8 Å². The number of rotatable bonds is 6. The molecule has 0 spiro atoms. The van der Waals surface area contributed by atoms with Crippen molar-refractivity contribution < 1.29 is 0 Å². The molecular weight excluding hydrogens is 276 g/mol. The van der Waals surface area contributed by atoms with Crippen LogP contribution in [0.4, 0.5) is 5.82 Å². The number of hydrogen-bond donors (Lipinski definition) is 0. The van der Waals surface area contributed by atoms with Gasteiger partial charge in [-0.2, -0.15) is 0 Å². The van der Waals surface area contributed by atoms with Crippen LogP contribution in [0.3, 0.4) is 0 Å². The Labute approximate surface area is 114 Å². The Morgan fingerprint density at radius 3 is 2.06 bits per heavy atom. The predicted octanol–water partition coefficient (Wildman–Crippen LogP) is 4.09. The van der Waals surface area contributed by atoms with Crippen LogP contribution in [0.1, 0.15) is 33.3 Å². The quantitative estimate of drug-likeness (QED) is 0.735.